The summed E-state index contributed by atoms with van der Waals surface area (Å²) in [6, 6.07) is 3.06. The normalized spacial score (nSPS) is 16.8. The molecule has 3 unspecified atom stereocenters. The molecule has 2 nitrogen and oxygen atoms in total. The van der Waals surface area contributed by atoms with Crippen LogP contribution in [0.25, 0.3) is 0 Å². The molecule has 0 aliphatic rings. The van der Waals surface area contributed by atoms with Crippen LogP contribution in [0, 0.1) is 19.8 Å². The van der Waals surface area contributed by atoms with Crippen LogP contribution in [0.4, 0.5) is 0 Å². The van der Waals surface area contributed by atoms with E-state index < -0.39 is 0 Å². The second kappa shape index (κ2) is 6.25. The second-order valence-corrected chi connectivity index (χ2v) is 5.41. The van der Waals surface area contributed by atoms with Gasteiger partial charge in [-0.2, -0.15) is 0 Å². The van der Waals surface area contributed by atoms with Gasteiger partial charge in [0.1, 0.15) is 11.5 Å². The molecule has 0 amide bonds. The van der Waals surface area contributed by atoms with E-state index in [1.54, 1.807) is 0 Å². The molecule has 1 N–H and O–H groups in total. The van der Waals surface area contributed by atoms with Gasteiger partial charge in [-0.05, 0) is 46.1 Å². The summed E-state index contributed by atoms with van der Waals surface area (Å²) in [6.45, 7) is 13.1. The van der Waals surface area contributed by atoms with Crippen molar-refractivity contribution in [3.05, 3.63) is 23.2 Å². The van der Waals surface area contributed by atoms with E-state index >= 15 is 0 Å². The smallest absolute Gasteiger partial charge is 0.105 e. The Bertz CT molecular complexity index is 343. The third-order valence-electron chi connectivity index (χ3n) is 3.53. The van der Waals surface area contributed by atoms with Gasteiger partial charge in [0.15, 0.2) is 0 Å². The first-order valence-corrected chi connectivity index (χ1v) is 6.77. The van der Waals surface area contributed by atoms with E-state index in [1.165, 1.54) is 18.4 Å². The highest BCUT2D eigenvalue weighted by Gasteiger charge is 2.15. The number of aryl methyl sites for hydroxylation is 2. The van der Waals surface area contributed by atoms with Gasteiger partial charge >= 0.3 is 0 Å². The highest BCUT2D eigenvalue weighted by molar-refractivity contribution is 5.23. The lowest BCUT2D eigenvalue weighted by Crippen LogP contribution is -2.30. The van der Waals surface area contributed by atoms with Gasteiger partial charge in [0, 0.05) is 17.6 Å². The molecule has 0 aliphatic carbocycles. The van der Waals surface area contributed by atoms with E-state index in [0.29, 0.717) is 12.1 Å². The van der Waals surface area contributed by atoms with Crippen LogP contribution in [0.5, 0.6) is 0 Å². The summed E-state index contributed by atoms with van der Waals surface area (Å²) >= 11 is 0. The van der Waals surface area contributed by atoms with E-state index in [-0.39, 0.29) is 0 Å². The lowest BCUT2D eigenvalue weighted by molar-refractivity contribution is 0.383. The molecule has 0 radical (unpaired) electrons. The van der Waals surface area contributed by atoms with Crippen molar-refractivity contribution in [1.29, 1.82) is 0 Å². The third-order valence-corrected chi connectivity index (χ3v) is 3.53. The van der Waals surface area contributed by atoms with Crippen LogP contribution in [0.2, 0.25) is 0 Å². The Morgan fingerprint density at radius 3 is 2.35 bits per heavy atom. The lowest BCUT2D eigenvalue weighted by Gasteiger charge is -2.22. The fourth-order valence-electron chi connectivity index (χ4n) is 2.44. The van der Waals surface area contributed by atoms with E-state index in [4.69, 9.17) is 4.42 Å². The molecule has 98 valence electrons. The Morgan fingerprint density at radius 2 is 1.88 bits per heavy atom. The first kappa shape index (κ1) is 14.3. The predicted molar refractivity (Wildman–Crippen MR) is 73.3 cm³/mol. The maximum absolute atomic E-state index is 5.58. The highest BCUT2D eigenvalue weighted by atomic mass is 16.3. The molecule has 0 aromatic carbocycles. The minimum absolute atomic E-state index is 0.367. The molecular formula is C15H27NO. The fourth-order valence-corrected chi connectivity index (χ4v) is 2.44. The standard InChI is InChI=1S/C15H27NO/c1-7-10(2)8-11(3)16-13(5)15-9-12(4)17-14(15)6/h9-11,13,16H,7-8H2,1-6H3. The quantitative estimate of drug-likeness (QED) is 0.794. The van der Waals surface area contributed by atoms with Gasteiger partial charge in [0.25, 0.3) is 0 Å². The van der Waals surface area contributed by atoms with E-state index in [2.05, 4.69) is 39.1 Å². The Morgan fingerprint density at radius 1 is 1.24 bits per heavy atom. The molecule has 1 aromatic rings. The summed E-state index contributed by atoms with van der Waals surface area (Å²) < 4.78 is 5.58. The van der Waals surface area contributed by atoms with Crippen LogP contribution in [-0.2, 0) is 0 Å². The minimum atomic E-state index is 0.367. The van der Waals surface area contributed by atoms with Gasteiger partial charge in [0.2, 0.25) is 0 Å². The van der Waals surface area contributed by atoms with Crippen LogP contribution in [0.3, 0.4) is 0 Å². The zero-order valence-corrected chi connectivity index (χ0v) is 12.1. The molecule has 0 saturated carbocycles. The molecule has 2 heteroatoms. The van der Waals surface area contributed by atoms with Gasteiger partial charge in [-0.3, -0.25) is 0 Å². The number of nitrogens with one attached hydrogen (secondary N) is 1. The predicted octanol–water partition coefficient (Wildman–Crippen LogP) is 4.37. The molecular weight excluding hydrogens is 210 g/mol. The van der Waals surface area contributed by atoms with Crippen LogP contribution >= 0.6 is 0 Å². The van der Waals surface area contributed by atoms with Crippen molar-refractivity contribution >= 4 is 0 Å². The summed E-state index contributed by atoms with van der Waals surface area (Å²) in [7, 11) is 0. The van der Waals surface area contributed by atoms with Crippen LogP contribution < -0.4 is 5.32 Å². The zero-order valence-electron chi connectivity index (χ0n) is 12.1. The van der Waals surface area contributed by atoms with Crippen LogP contribution in [-0.4, -0.2) is 6.04 Å². The molecule has 1 rings (SSSR count). The van der Waals surface area contributed by atoms with E-state index in [1.807, 2.05) is 13.8 Å². The first-order valence-electron chi connectivity index (χ1n) is 6.77. The zero-order chi connectivity index (χ0) is 13.0. The van der Waals surface area contributed by atoms with Crippen molar-refractivity contribution in [2.75, 3.05) is 0 Å². The van der Waals surface area contributed by atoms with Crippen LogP contribution in [0.1, 0.15) is 63.7 Å². The molecule has 0 bridgehead atoms. The Labute approximate surface area is 106 Å². The highest BCUT2D eigenvalue weighted by Crippen LogP contribution is 2.22. The van der Waals surface area contributed by atoms with Crippen LogP contribution in [0.15, 0.2) is 10.5 Å². The summed E-state index contributed by atoms with van der Waals surface area (Å²) in [6.07, 6.45) is 2.49. The topological polar surface area (TPSA) is 25.2 Å². The molecule has 0 spiro atoms. The van der Waals surface area contributed by atoms with Gasteiger partial charge in [-0.25, -0.2) is 0 Å². The first-order chi connectivity index (χ1) is 7.93. The lowest BCUT2D eigenvalue weighted by atomic mass is 9.99. The monoisotopic (exact) mass is 237 g/mol. The van der Waals surface area contributed by atoms with E-state index in [0.717, 1.165) is 17.4 Å². The summed E-state index contributed by atoms with van der Waals surface area (Å²) in [5, 5.41) is 3.66. The van der Waals surface area contributed by atoms with Crippen molar-refractivity contribution in [2.24, 2.45) is 5.92 Å². The Kier molecular flexibility index (Phi) is 5.26. The van der Waals surface area contributed by atoms with Gasteiger partial charge in [0.05, 0.1) is 0 Å². The van der Waals surface area contributed by atoms with Crippen molar-refractivity contribution < 1.29 is 4.42 Å². The van der Waals surface area contributed by atoms with Crippen molar-refractivity contribution in [3.8, 4) is 0 Å². The SMILES string of the molecule is CCC(C)CC(C)NC(C)c1cc(C)oc1C. The molecule has 1 aromatic heterocycles. The average molecular weight is 237 g/mol. The molecule has 1 heterocycles. The van der Waals surface area contributed by atoms with Gasteiger partial charge < -0.3 is 9.73 Å². The number of rotatable bonds is 6. The van der Waals surface area contributed by atoms with Gasteiger partial charge in [-0.15, -0.1) is 0 Å². The van der Waals surface area contributed by atoms with Crippen molar-refractivity contribution in [3.63, 3.8) is 0 Å². The molecule has 17 heavy (non-hydrogen) atoms. The fraction of sp³-hybridized carbons (Fsp3) is 0.733. The Balaban J connectivity index is 2.54. The van der Waals surface area contributed by atoms with Gasteiger partial charge in [-0.1, -0.05) is 20.3 Å². The molecule has 0 saturated heterocycles. The third kappa shape index (κ3) is 4.19. The number of furan rings is 1. The Hall–Kier alpha value is -0.760. The molecule has 0 fully saturated rings. The number of hydrogen-bond donors (Lipinski definition) is 1. The van der Waals surface area contributed by atoms with Crippen molar-refractivity contribution in [2.45, 2.75) is 66.5 Å². The molecule has 0 aliphatic heterocycles. The van der Waals surface area contributed by atoms with E-state index in [9.17, 15) is 0 Å². The molecule has 3 atom stereocenters. The largest absolute Gasteiger partial charge is 0.466 e. The summed E-state index contributed by atoms with van der Waals surface area (Å²) in [5.74, 6) is 2.83. The maximum Gasteiger partial charge on any atom is 0.105 e. The number of hydrogen-bond acceptors (Lipinski definition) is 2. The maximum atomic E-state index is 5.58. The minimum Gasteiger partial charge on any atom is -0.466 e. The van der Waals surface area contributed by atoms with Crippen molar-refractivity contribution in [1.82, 2.24) is 5.32 Å². The summed E-state index contributed by atoms with van der Waals surface area (Å²) in [5.41, 5.74) is 1.29. The second-order valence-electron chi connectivity index (χ2n) is 5.41. The average Bonchev–Trinajstić information content (AvgIpc) is 2.57. The summed E-state index contributed by atoms with van der Waals surface area (Å²) in [4.78, 5) is 0.